The summed E-state index contributed by atoms with van der Waals surface area (Å²) in [6.07, 6.45) is 2.09. The summed E-state index contributed by atoms with van der Waals surface area (Å²) in [5.74, 6) is 1.26. The molecular formula is C27H33N9O6S2. The van der Waals surface area contributed by atoms with Crippen LogP contribution in [0.15, 0.2) is 54.7 Å². The van der Waals surface area contributed by atoms with E-state index in [4.69, 9.17) is 5.26 Å². The number of carbonyl (C=O) groups is 1. The predicted molar refractivity (Wildman–Crippen MR) is 163 cm³/mol. The highest BCUT2D eigenvalue weighted by atomic mass is 32.2. The fourth-order valence-electron chi connectivity index (χ4n) is 4.24. The van der Waals surface area contributed by atoms with E-state index in [1.165, 1.54) is 16.6 Å². The van der Waals surface area contributed by atoms with Crippen molar-refractivity contribution in [2.75, 3.05) is 53.7 Å². The summed E-state index contributed by atoms with van der Waals surface area (Å²) >= 11 is 0. The van der Waals surface area contributed by atoms with Crippen molar-refractivity contribution in [2.24, 2.45) is 0 Å². The largest absolute Gasteiger partial charge is 0.447 e. The number of carbonyl (C=O) groups excluding carboxylic acids is 1. The predicted octanol–water partition coefficient (Wildman–Crippen LogP) is 2.14. The Hall–Kier alpha value is -4.53. The Kier molecular flexibility index (Phi) is 10.5. The molecule has 0 atom stereocenters. The molecule has 0 spiro atoms. The lowest BCUT2D eigenvalue weighted by Crippen LogP contribution is -2.50. The van der Waals surface area contributed by atoms with Gasteiger partial charge in [0, 0.05) is 43.8 Å². The zero-order valence-corrected chi connectivity index (χ0v) is 25.9. The van der Waals surface area contributed by atoms with Crippen LogP contribution in [0.4, 0.5) is 22.2 Å². The zero-order chi connectivity index (χ0) is 31.7. The Morgan fingerprint density at radius 2 is 1.43 bits per heavy atom. The van der Waals surface area contributed by atoms with Gasteiger partial charge >= 0.3 is 26.5 Å². The summed E-state index contributed by atoms with van der Waals surface area (Å²) in [7, 11) is -7.59. The fourth-order valence-corrected chi connectivity index (χ4v) is 6.45. The quantitative estimate of drug-likeness (QED) is 0.347. The highest BCUT2D eigenvalue weighted by molar-refractivity contribution is 7.91. The van der Waals surface area contributed by atoms with E-state index in [0.29, 0.717) is 48.3 Å². The number of anilines is 3. The van der Waals surface area contributed by atoms with Crippen molar-refractivity contribution in [1.82, 2.24) is 23.6 Å². The fraction of sp³-hybridized carbons (Fsp3) is 0.370. The lowest BCUT2D eigenvalue weighted by molar-refractivity contribution is 0.170. The van der Waals surface area contributed by atoms with Gasteiger partial charge in [0.25, 0.3) is 0 Å². The molecule has 15 nitrogen and oxygen atoms in total. The van der Waals surface area contributed by atoms with Gasteiger partial charge in [-0.15, -0.1) is 0 Å². The number of cyclic esters (lactones) is 1. The minimum absolute atomic E-state index is 0.0155. The number of nitrogens with zero attached hydrogens (tertiary/aromatic N) is 7. The molecular weight excluding hydrogens is 610 g/mol. The first kappa shape index (κ1) is 32.4. The highest BCUT2D eigenvalue weighted by Gasteiger charge is 2.33. The van der Waals surface area contributed by atoms with Gasteiger partial charge < -0.3 is 9.64 Å². The SMILES string of the molecule is CCc1cccc(NS(=O)(=O)N2CCN(c3ccc(C#N)cn3)CC2)n1.CCc1cccc(NS(=O)(=O)N2CCOC2=O)n1. The molecule has 0 saturated carbocycles. The van der Waals surface area contributed by atoms with E-state index < -0.39 is 26.5 Å². The lowest BCUT2D eigenvalue weighted by atomic mass is 10.3. The van der Waals surface area contributed by atoms with Crippen LogP contribution in [-0.4, -0.2) is 85.8 Å². The van der Waals surface area contributed by atoms with Crippen molar-refractivity contribution in [3.63, 3.8) is 0 Å². The maximum atomic E-state index is 12.6. The molecule has 2 saturated heterocycles. The molecule has 2 N–H and O–H groups in total. The molecule has 0 radical (unpaired) electrons. The minimum Gasteiger partial charge on any atom is -0.447 e. The van der Waals surface area contributed by atoms with Crippen LogP contribution in [0.5, 0.6) is 0 Å². The van der Waals surface area contributed by atoms with Gasteiger partial charge in [-0.2, -0.15) is 30.7 Å². The molecule has 2 fully saturated rings. The maximum Gasteiger partial charge on any atom is 0.425 e. The Morgan fingerprint density at radius 3 is 1.91 bits per heavy atom. The number of piperazine rings is 1. The van der Waals surface area contributed by atoms with Crippen LogP contribution in [0.3, 0.4) is 0 Å². The molecule has 5 heterocycles. The third-order valence-corrected chi connectivity index (χ3v) is 9.49. The molecule has 0 aliphatic carbocycles. The van der Waals surface area contributed by atoms with Gasteiger partial charge in [0.15, 0.2) is 0 Å². The van der Waals surface area contributed by atoms with Gasteiger partial charge in [0.2, 0.25) is 0 Å². The van der Waals surface area contributed by atoms with Crippen LogP contribution in [0.1, 0.15) is 30.8 Å². The first-order valence-electron chi connectivity index (χ1n) is 13.8. The van der Waals surface area contributed by atoms with Crippen molar-refractivity contribution in [2.45, 2.75) is 26.7 Å². The van der Waals surface area contributed by atoms with Crippen LogP contribution in [-0.2, 0) is 38.0 Å². The Bertz CT molecular complexity index is 1710. The van der Waals surface area contributed by atoms with Crippen LogP contribution in [0.2, 0.25) is 0 Å². The smallest absolute Gasteiger partial charge is 0.425 e. The monoisotopic (exact) mass is 643 g/mol. The second-order valence-corrected chi connectivity index (χ2v) is 12.8. The van der Waals surface area contributed by atoms with Crippen molar-refractivity contribution in [3.8, 4) is 6.07 Å². The molecule has 0 unspecified atom stereocenters. The van der Waals surface area contributed by atoms with Gasteiger partial charge in [-0.05, 0) is 49.2 Å². The number of ether oxygens (including phenoxy) is 1. The Balaban J connectivity index is 0.000000215. The number of rotatable bonds is 9. The van der Waals surface area contributed by atoms with E-state index in [-0.39, 0.29) is 19.0 Å². The minimum atomic E-state index is -3.94. The van der Waals surface area contributed by atoms with E-state index in [1.54, 1.807) is 36.4 Å². The van der Waals surface area contributed by atoms with Gasteiger partial charge in [0.1, 0.15) is 30.1 Å². The zero-order valence-electron chi connectivity index (χ0n) is 24.2. The molecule has 44 heavy (non-hydrogen) atoms. The summed E-state index contributed by atoms with van der Waals surface area (Å²) in [4.78, 5) is 25.8. The second kappa shape index (κ2) is 14.3. The van der Waals surface area contributed by atoms with Crippen LogP contribution in [0, 0.1) is 11.3 Å². The second-order valence-electron chi connectivity index (χ2n) is 9.54. The van der Waals surface area contributed by atoms with Crippen molar-refractivity contribution in [3.05, 3.63) is 71.7 Å². The molecule has 0 bridgehead atoms. The average molecular weight is 644 g/mol. The van der Waals surface area contributed by atoms with E-state index in [1.807, 2.05) is 30.9 Å². The normalized spacial score (nSPS) is 15.5. The van der Waals surface area contributed by atoms with Gasteiger partial charge in [-0.1, -0.05) is 26.0 Å². The first-order valence-corrected chi connectivity index (χ1v) is 16.7. The van der Waals surface area contributed by atoms with Gasteiger partial charge in [-0.3, -0.25) is 4.72 Å². The molecule has 2 aliphatic rings. The third kappa shape index (κ3) is 8.30. The van der Waals surface area contributed by atoms with E-state index in [0.717, 1.165) is 23.6 Å². The number of nitriles is 1. The maximum absolute atomic E-state index is 12.6. The Labute approximate surface area is 256 Å². The van der Waals surface area contributed by atoms with E-state index >= 15 is 0 Å². The molecule has 3 aromatic heterocycles. The number of aryl methyl sites for hydroxylation is 2. The summed E-state index contributed by atoms with van der Waals surface area (Å²) in [5.41, 5.74) is 2.10. The highest BCUT2D eigenvalue weighted by Crippen LogP contribution is 2.18. The number of aromatic nitrogens is 3. The molecule has 1 amide bonds. The first-order chi connectivity index (χ1) is 21.0. The molecule has 5 rings (SSSR count). The van der Waals surface area contributed by atoms with E-state index in [2.05, 4.69) is 29.1 Å². The average Bonchev–Trinajstić information content (AvgIpc) is 3.48. The number of nitrogens with one attached hydrogen (secondary N) is 2. The molecule has 0 aromatic carbocycles. The standard InChI is InChI=1S/C17H20N6O2S.C10H13N3O4S/c1-2-15-4-3-5-16(20-15)21-26(24,25)23-10-8-22(9-11-23)17-7-6-14(12-18)13-19-17;1-2-8-4-3-5-9(11-8)12-18(15,16)13-6-7-17-10(13)14/h3-7,13H,2,8-11H2,1H3,(H,20,21);3-5H,2,6-7H2,1H3,(H,11,12). The summed E-state index contributed by atoms with van der Waals surface area (Å²) in [6, 6.07) is 15.8. The summed E-state index contributed by atoms with van der Waals surface area (Å²) in [5, 5.41) is 8.83. The number of hydrogen-bond acceptors (Lipinski definition) is 11. The number of hydrogen-bond donors (Lipinski definition) is 2. The summed E-state index contributed by atoms with van der Waals surface area (Å²) < 4.78 is 60.4. The van der Waals surface area contributed by atoms with Crippen molar-refractivity contribution >= 4 is 44.0 Å². The Morgan fingerprint density at radius 1 is 0.841 bits per heavy atom. The topological polar surface area (TPSA) is 191 Å². The molecule has 3 aromatic rings. The van der Waals surface area contributed by atoms with Crippen LogP contribution >= 0.6 is 0 Å². The number of amides is 1. The number of pyridine rings is 3. The lowest BCUT2D eigenvalue weighted by Gasteiger charge is -2.34. The van der Waals surface area contributed by atoms with Gasteiger partial charge in [0.05, 0.1) is 12.1 Å². The van der Waals surface area contributed by atoms with Crippen LogP contribution in [0.25, 0.3) is 0 Å². The van der Waals surface area contributed by atoms with Crippen molar-refractivity contribution < 1.29 is 26.4 Å². The van der Waals surface area contributed by atoms with E-state index in [9.17, 15) is 21.6 Å². The van der Waals surface area contributed by atoms with Crippen molar-refractivity contribution in [1.29, 1.82) is 5.26 Å². The third-order valence-electron chi connectivity index (χ3n) is 6.60. The summed E-state index contributed by atoms with van der Waals surface area (Å²) in [6.45, 7) is 5.73. The van der Waals surface area contributed by atoms with Gasteiger partial charge in [-0.25, -0.2) is 24.5 Å². The molecule has 234 valence electrons. The molecule has 2 aliphatic heterocycles. The molecule has 17 heteroatoms. The van der Waals surface area contributed by atoms with Crippen LogP contribution < -0.4 is 14.3 Å².